The van der Waals surface area contributed by atoms with Crippen molar-refractivity contribution in [2.45, 2.75) is 25.2 Å². The van der Waals surface area contributed by atoms with Gasteiger partial charge in [0.2, 0.25) is 12.3 Å². The summed E-state index contributed by atoms with van der Waals surface area (Å²) < 4.78 is 40.0. The molecule has 194 valence electrons. The normalized spacial score (nSPS) is 13.9. The second-order valence-electron chi connectivity index (χ2n) is 9.22. The van der Waals surface area contributed by atoms with Crippen LogP contribution in [0.15, 0.2) is 72.9 Å². The molecule has 5 rings (SSSR count). The Morgan fingerprint density at radius 3 is 2.50 bits per heavy atom. The van der Waals surface area contributed by atoms with Crippen LogP contribution < -0.4 is 5.32 Å². The first kappa shape index (κ1) is 25.3. The Labute approximate surface area is 217 Å². The van der Waals surface area contributed by atoms with E-state index in [2.05, 4.69) is 15.3 Å². The van der Waals surface area contributed by atoms with Crippen LogP contribution in [0.2, 0.25) is 0 Å². The summed E-state index contributed by atoms with van der Waals surface area (Å²) in [6.45, 7) is 0.590. The van der Waals surface area contributed by atoms with Gasteiger partial charge >= 0.3 is 0 Å². The van der Waals surface area contributed by atoms with Crippen LogP contribution in [-0.2, 0) is 11.2 Å². The number of aromatic amines is 1. The van der Waals surface area contributed by atoms with E-state index in [1.807, 2.05) is 30.3 Å². The summed E-state index contributed by atoms with van der Waals surface area (Å²) in [4.78, 5) is 35.5. The van der Waals surface area contributed by atoms with E-state index in [1.165, 1.54) is 18.3 Å². The van der Waals surface area contributed by atoms with E-state index in [0.29, 0.717) is 29.8 Å². The van der Waals surface area contributed by atoms with Gasteiger partial charge in [-0.25, -0.2) is 18.2 Å². The first-order valence-electron chi connectivity index (χ1n) is 12.2. The molecule has 2 aromatic heterocycles. The molecular formula is C29H25F3N4O2. The summed E-state index contributed by atoms with van der Waals surface area (Å²) in [6, 6.07) is 17.9. The van der Waals surface area contributed by atoms with E-state index in [4.69, 9.17) is 0 Å². The molecule has 9 heteroatoms. The van der Waals surface area contributed by atoms with Gasteiger partial charge < -0.3 is 15.2 Å². The van der Waals surface area contributed by atoms with Gasteiger partial charge in [-0.3, -0.25) is 9.59 Å². The van der Waals surface area contributed by atoms with E-state index in [-0.39, 0.29) is 17.3 Å². The summed E-state index contributed by atoms with van der Waals surface area (Å²) >= 11 is 0. The van der Waals surface area contributed by atoms with E-state index in [9.17, 15) is 22.8 Å². The number of H-pyrrole nitrogens is 1. The molecule has 0 radical (unpaired) electrons. The highest BCUT2D eigenvalue weighted by molar-refractivity contribution is 6.07. The van der Waals surface area contributed by atoms with E-state index >= 15 is 0 Å². The zero-order chi connectivity index (χ0) is 26.8. The number of nitrogens with one attached hydrogen (secondary N) is 2. The Hall–Kier alpha value is -4.40. The number of benzene rings is 2. The number of hydrogen-bond acceptors (Lipinski definition) is 3. The number of halogens is 3. The summed E-state index contributed by atoms with van der Waals surface area (Å²) in [5.74, 6) is -2.29. The Morgan fingerprint density at radius 2 is 1.79 bits per heavy atom. The first-order chi connectivity index (χ1) is 18.3. The molecule has 0 saturated carbocycles. The van der Waals surface area contributed by atoms with Gasteiger partial charge in [-0.15, -0.1) is 0 Å². The van der Waals surface area contributed by atoms with Gasteiger partial charge in [0.15, 0.2) is 0 Å². The minimum absolute atomic E-state index is 0.0793. The maximum atomic E-state index is 13.4. The van der Waals surface area contributed by atoms with E-state index in [1.54, 1.807) is 24.1 Å². The van der Waals surface area contributed by atoms with Crippen LogP contribution in [0.1, 0.15) is 34.0 Å². The molecule has 2 amide bonds. The number of carbonyl (C=O) groups excluding carboxylic acids is 2. The number of anilines is 1. The number of amides is 2. The number of pyridine rings is 1. The zero-order valence-corrected chi connectivity index (χ0v) is 20.5. The number of carbonyl (C=O) groups is 2. The smallest absolute Gasteiger partial charge is 0.256 e. The average Bonchev–Trinajstić information content (AvgIpc) is 3.31. The summed E-state index contributed by atoms with van der Waals surface area (Å²) in [5.41, 5.74) is 4.71. The maximum absolute atomic E-state index is 13.4. The molecule has 4 aromatic rings. The van der Waals surface area contributed by atoms with Gasteiger partial charge in [-0.05, 0) is 35.4 Å². The molecule has 0 saturated heterocycles. The third-order valence-electron chi connectivity index (χ3n) is 6.70. The Kier molecular flexibility index (Phi) is 7.00. The third kappa shape index (κ3) is 5.04. The van der Waals surface area contributed by atoms with Crippen LogP contribution in [0, 0.1) is 5.82 Å². The van der Waals surface area contributed by atoms with Crippen LogP contribution in [-0.4, -0.2) is 46.7 Å². The van der Waals surface area contributed by atoms with E-state index < -0.39 is 30.5 Å². The van der Waals surface area contributed by atoms with Gasteiger partial charge in [0.1, 0.15) is 11.6 Å². The quantitative estimate of drug-likeness (QED) is 0.320. The molecule has 1 aliphatic heterocycles. The number of rotatable bonds is 7. The number of likely N-dealkylation sites (N-methyl/N-ethyl adjacent to an activating group) is 1. The molecule has 2 N–H and O–H groups in total. The third-order valence-corrected chi connectivity index (χ3v) is 6.70. The van der Waals surface area contributed by atoms with Gasteiger partial charge in [0.25, 0.3) is 5.91 Å². The summed E-state index contributed by atoms with van der Waals surface area (Å²) in [6.07, 6.45) is -1.27. The Balaban J connectivity index is 1.51. The van der Waals surface area contributed by atoms with Gasteiger partial charge in [-0.2, -0.15) is 0 Å². The van der Waals surface area contributed by atoms with Gasteiger partial charge in [-0.1, -0.05) is 42.5 Å². The Morgan fingerprint density at radius 1 is 1.05 bits per heavy atom. The van der Waals surface area contributed by atoms with Crippen molar-refractivity contribution in [3.8, 4) is 22.4 Å². The van der Waals surface area contributed by atoms with Crippen molar-refractivity contribution in [2.24, 2.45) is 0 Å². The number of nitrogens with zero attached hydrogens (tertiary/aromatic N) is 2. The fourth-order valence-corrected chi connectivity index (χ4v) is 4.79. The minimum atomic E-state index is -2.73. The lowest BCUT2D eigenvalue weighted by Gasteiger charge is -2.23. The Bertz CT molecular complexity index is 1470. The van der Waals surface area contributed by atoms with Crippen molar-refractivity contribution < 1.29 is 22.8 Å². The molecule has 1 atom stereocenters. The topological polar surface area (TPSA) is 78.1 Å². The summed E-state index contributed by atoms with van der Waals surface area (Å²) in [7, 11) is 1.77. The van der Waals surface area contributed by atoms with Gasteiger partial charge in [0.05, 0.1) is 17.2 Å². The average molecular weight is 519 g/mol. The molecular weight excluding hydrogens is 493 g/mol. The lowest BCUT2D eigenvalue weighted by Crippen LogP contribution is -2.34. The number of alkyl halides is 2. The van der Waals surface area contributed by atoms with Crippen LogP contribution in [0.25, 0.3) is 22.4 Å². The largest absolute Gasteiger partial charge is 0.357 e. The summed E-state index contributed by atoms with van der Waals surface area (Å²) in [5, 5.41) is 2.64. The highest BCUT2D eigenvalue weighted by Crippen LogP contribution is 2.39. The zero-order valence-electron chi connectivity index (χ0n) is 20.5. The molecule has 6 nitrogen and oxygen atoms in total. The number of fused-ring (bicyclic) bond motifs is 1. The number of aromatic nitrogens is 2. The van der Waals surface area contributed by atoms with Gasteiger partial charge in [0, 0.05) is 49.5 Å². The SMILES string of the molecule is CN1CCc2[nH]c(-c3ccnc(NC(=O)[C@@H](CC(F)F)c4ccc(F)cc4)c3)c(-c3ccccc3)c2C1=O. The van der Waals surface area contributed by atoms with Crippen LogP contribution >= 0.6 is 0 Å². The van der Waals surface area contributed by atoms with Crippen molar-refractivity contribution in [1.29, 1.82) is 0 Å². The molecule has 0 bridgehead atoms. The molecule has 0 aliphatic carbocycles. The molecule has 0 unspecified atom stereocenters. The predicted octanol–water partition coefficient (Wildman–Crippen LogP) is 5.89. The van der Waals surface area contributed by atoms with Crippen molar-refractivity contribution >= 4 is 17.6 Å². The highest BCUT2D eigenvalue weighted by atomic mass is 19.3. The monoisotopic (exact) mass is 518 g/mol. The molecule has 3 heterocycles. The second kappa shape index (κ2) is 10.5. The lowest BCUT2D eigenvalue weighted by molar-refractivity contribution is -0.118. The molecule has 1 aliphatic rings. The van der Waals surface area contributed by atoms with Crippen molar-refractivity contribution in [2.75, 3.05) is 18.9 Å². The molecule has 38 heavy (non-hydrogen) atoms. The minimum Gasteiger partial charge on any atom is -0.357 e. The fraction of sp³-hybridized carbons (Fsp3) is 0.207. The molecule has 0 fully saturated rings. The highest BCUT2D eigenvalue weighted by Gasteiger charge is 2.31. The van der Waals surface area contributed by atoms with Crippen LogP contribution in [0.4, 0.5) is 19.0 Å². The predicted molar refractivity (Wildman–Crippen MR) is 139 cm³/mol. The fourth-order valence-electron chi connectivity index (χ4n) is 4.79. The lowest BCUT2D eigenvalue weighted by atomic mass is 9.94. The van der Waals surface area contributed by atoms with Crippen molar-refractivity contribution in [1.82, 2.24) is 14.9 Å². The van der Waals surface area contributed by atoms with Crippen LogP contribution in [0.3, 0.4) is 0 Å². The maximum Gasteiger partial charge on any atom is 0.256 e. The second-order valence-corrected chi connectivity index (χ2v) is 9.22. The first-order valence-corrected chi connectivity index (χ1v) is 12.2. The van der Waals surface area contributed by atoms with E-state index in [0.717, 1.165) is 29.0 Å². The number of hydrogen-bond donors (Lipinski definition) is 2. The molecule has 0 spiro atoms. The van der Waals surface area contributed by atoms with Crippen LogP contribution in [0.5, 0.6) is 0 Å². The standard InChI is InChI=1S/C29H25F3N4O2/c1-36-14-12-22-26(29(36)38)25(18-5-3-2-4-6-18)27(34-22)19-11-13-33-24(15-19)35-28(37)21(16-23(31)32)17-7-9-20(30)10-8-17/h2-11,13,15,21,23,34H,12,14,16H2,1H3,(H,33,35,37)/t21-/m0/s1. The van der Waals surface area contributed by atoms with Crippen molar-refractivity contribution in [3.05, 3.63) is 95.6 Å². The van der Waals surface area contributed by atoms with Crippen molar-refractivity contribution in [3.63, 3.8) is 0 Å². The molecule has 2 aromatic carbocycles.